The average molecular weight is 198 g/mol. The lowest BCUT2D eigenvalue weighted by Gasteiger charge is -2.07. The number of unbranched alkanes of at least 4 members (excludes halogenated alkanes) is 2. The summed E-state index contributed by atoms with van der Waals surface area (Å²) in [7, 11) is 0. The van der Waals surface area contributed by atoms with Crippen molar-refractivity contribution in [2.24, 2.45) is 0 Å². The van der Waals surface area contributed by atoms with Gasteiger partial charge in [0.2, 0.25) is 0 Å². The summed E-state index contributed by atoms with van der Waals surface area (Å²) in [5.41, 5.74) is 0. The third kappa shape index (κ3) is 3.81. The van der Waals surface area contributed by atoms with Crippen LogP contribution in [0.15, 0.2) is 12.7 Å². The molecule has 0 unspecified atom stereocenters. The summed E-state index contributed by atoms with van der Waals surface area (Å²) in [5.74, 6) is 0. The molecule has 0 bridgehead atoms. The molecule has 1 fully saturated rings. The Balaban J connectivity index is 2.03. The number of hydrogen-bond acceptors (Lipinski definition) is 2. The smallest absolute Gasteiger partial charge is 0.110 e. The van der Waals surface area contributed by atoms with Crippen LogP contribution in [0.5, 0.6) is 0 Å². The molecule has 2 nitrogen and oxygen atoms in total. The first-order valence-corrected chi connectivity index (χ1v) is 5.67. The summed E-state index contributed by atoms with van der Waals surface area (Å²) < 4.78 is 11.1. The highest BCUT2D eigenvalue weighted by Gasteiger charge is 2.42. The van der Waals surface area contributed by atoms with Crippen LogP contribution in [0.25, 0.3) is 0 Å². The molecule has 2 heteroatoms. The number of rotatable bonds is 8. The minimum absolute atomic E-state index is 0.222. The fourth-order valence-electron chi connectivity index (χ4n) is 1.71. The second kappa shape index (κ2) is 6.20. The van der Waals surface area contributed by atoms with Gasteiger partial charge in [-0.15, -0.1) is 6.58 Å². The molecule has 0 radical (unpaired) electrons. The summed E-state index contributed by atoms with van der Waals surface area (Å²) >= 11 is 0. The van der Waals surface area contributed by atoms with Gasteiger partial charge in [0.1, 0.15) is 6.10 Å². The maximum atomic E-state index is 5.56. The van der Waals surface area contributed by atoms with Crippen LogP contribution >= 0.6 is 0 Å². The van der Waals surface area contributed by atoms with Gasteiger partial charge in [0.15, 0.2) is 0 Å². The molecule has 3 atom stereocenters. The summed E-state index contributed by atoms with van der Waals surface area (Å²) in [5, 5.41) is 0. The number of hydrogen-bond donors (Lipinski definition) is 0. The number of ether oxygens (including phenoxy) is 2. The molecule has 0 aliphatic carbocycles. The van der Waals surface area contributed by atoms with Crippen molar-refractivity contribution in [3.05, 3.63) is 12.7 Å². The fourth-order valence-corrected chi connectivity index (χ4v) is 1.71. The molecule has 1 heterocycles. The highest BCUT2D eigenvalue weighted by molar-refractivity contribution is 4.89. The predicted molar refractivity (Wildman–Crippen MR) is 58.4 cm³/mol. The Morgan fingerprint density at radius 1 is 1.50 bits per heavy atom. The van der Waals surface area contributed by atoms with Gasteiger partial charge in [-0.25, -0.2) is 0 Å². The van der Waals surface area contributed by atoms with Crippen molar-refractivity contribution in [1.29, 1.82) is 0 Å². The van der Waals surface area contributed by atoms with Crippen LogP contribution < -0.4 is 0 Å². The summed E-state index contributed by atoms with van der Waals surface area (Å²) in [6.07, 6.45) is 7.87. The zero-order valence-corrected chi connectivity index (χ0v) is 9.37. The Kier molecular flexibility index (Phi) is 5.20. The Labute approximate surface area is 87.3 Å². The quantitative estimate of drug-likeness (QED) is 0.340. The van der Waals surface area contributed by atoms with Crippen LogP contribution in [-0.2, 0) is 9.47 Å². The average Bonchev–Trinajstić information content (AvgIpc) is 2.94. The van der Waals surface area contributed by atoms with Crippen molar-refractivity contribution in [1.82, 2.24) is 0 Å². The van der Waals surface area contributed by atoms with E-state index in [-0.39, 0.29) is 6.10 Å². The Morgan fingerprint density at radius 3 is 2.93 bits per heavy atom. The molecule has 14 heavy (non-hydrogen) atoms. The second-order valence-electron chi connectivity index (χ2n) is 3.96. The third-order valence-corrected chi connectivity index (χ3v) is 2.65. The minimum atomic E-state index is 0.222. The molecule has 0 aromatic carbocycles. The molecule has 0 saturated carbocycles. The van der Waals surface area contributed by atoms with Gasteiger partial charge in [0, 0.05) is 0 Å². The lowest BCUT2D eigenvalue weighted by atomic mass is 10.1. The van der Waals surface area contributed by atoms with Gasteiger partial charge >= 0.3 is 0 Å². The lowest BCUT2D eigenvalue weighted by molar-refractivity contribution is 0.0653. The summed E-state index contributed by atoms with van der Waals surface area (Å²) in [6, 6.07) is 0. The van der Waals surface area contributed by atoms with E-state index in [2.05, 4.69) is 20.4 Å². The zero-order valence-electron chi connectivity index (χ0n) is 9.37. The Hall–Kier alpha value is -0.340. The molecule has 0 N–H and O–H groups in total. The van der Waals surface area contributed by atoms with Crippen LogP contribution in [0.2, 0.25) is 0 Å². The van der Waals surface area contributed by atoms with Gasteiger partial charge in [-0.05, 0) is 13.3 Å². The van der Waals surface area contributed by atoms with E-state index in [4.69, 9.17) is 9.47 Å². The molecular formula is C12H22O2. The predicted octanol–water partition coefficient (Wildman–Crippen LogP) is 2.93. The zero-order chi connectivity index (χ0) is 10.4. The van der Waals surface area contributed by atoms with Crippen LogP contribution in [0.1, 0.15) is 39.5 Å². The van der Waals surface area contributed by atoms with Crippen LogP contribution in [0.4, 0.5) is 0 Å². The van der Waals surface area contributed by atoms with E-state index in [0.29, 0.717) is 18.8 Å². The highest BCUT2D eigenvalue weighted by atomic mass is 16.6. The van der Waals surface area contributed by atoms with E-state index in [0.717, 1.165) is 0 Å². The van der Waals surface area contributed by atoms with E-state index in [1.807, 2.05) is 0 Å². The van der Waals surface area contributed by atoms with Crippen molar-refractivity contribution in [3.63, 3.8) is 0 Å². The second-order valence-corrected chi connectivity index (χ2v) is 3.96. The molecule has 0 aromatic rings. The SMILES string of the molecule is C=CCO[C@@H](C)[C@H]1O[C@H]1CCCCC. The maximum Gasteiger partial charge on any atom is 0.110 e. The van der Waals surface area contributed by atoms with Crippen LogP contribution in [-0.4, -0.2) is 24.9 Å². The normalized spacial score (nSPS) is 27.3. The molecular weight excluding hydrogens is 176 g/mol. The molecule has 1 aliphatic rings. The van der Waals surface area contributed by atoms with Crippen molar-refractivity contribution in [2.45, 2.75) is 57.8 Å². The summed E-state index contributed by atoms with van der Waals surface area (Å²) in [6.45, 7) is 8.55. The third-order valence-electron chi connectivity index (χ3n) is 2.65. The van der Waals surface area contributed by atoms with Gasteiger partial charge in [0.05, 0.1) is 18.8 Å². The molecule has 1 saturated heterocycles. The van der Waals surface area contributed by atoms with E-state index < -0.39 is 0 Å². The minimum Gasteiger partial charge on any atom is -0.372 e. The molecule has 0 amide bonds. The number of epoxide rings is 1. The topological polar surface area (TPSA) is 21.8 Å². The van der Waals surface area contributed by atoms with Gasteiger partial charge in [0.25, 0.3) is 0 Å². The van der Waals surface area contributed by atoms with Gasteiger partial charge < -0.3 is 9.47 Å². The first kappa shape index (κ1) is 11.7. The van der Waals surface area contributed by atoms with Gasteiger partial charge in [-0.1, -0.05) is 32.3 Å². The Morgan fingerprint density at radius 2 is 2.29 bits per heavy atom. The van der Waals surface area contributed by atoms with E-state index in [1.165, 1.54) is 25.7 Å². The lowest BCUT2D eigenvalue weighted by Crippen LogP contribution is -2.17. The van der Waals surface area contributed by atoms with Gasteiger partial charge in [-0.3, -0.25) is 0 Å². The highest BCUT2D eigenvalue weighted by Crippen LogP contribution is 2.31. The van der Waals surface area contributed by atoms with Crippen LogP contribution in [0.3, 0.4) is 0 Å². The Bertz CT molecular complexity index is 168. The maximum absolute atomic E-state index is 5.56. The fraction of sp³-hybridized carbons (Fsp3) is 0.833. The van der Waals surface area contributed by atoms with E-state index >= 15 is 0 Å². The van der Waals surface area contributed by atoms with E-state index in [9.17, 15) is 0 Å². The summed E-state index contributed by atoms with van der Waals surface area (Å²) in [4.78, 5) is 0. The molecule has 82 valence electrons. The monoisotopic (exact) mass is 198 g/mol. The van der Waals surface area contributed by atoms with Crippen molar-refractivity contribution in [3.8, 4) is 0 Å². The largest absolute Gasteiger partial charge is 0.372 e. The first-order valence-electron chi connectivity index (χ1n) is 5.67. The van der Waals surface area contributed by atoms with Crippen molar-refractivity contribution in [2.75, 3.05) is 6.61 Å². The standard InChI is InChI=1S/C12H22O2/c1-4-6-7-8-11-12(14-11)10(3)13-9-5-2/h5,10-12H,2,4,6-9H2,1,3H3/t10-,11-,12+/m0/s1. The van der Waals surface area contributed by atoms with E-state index in [1.54, 1.807) is 6.08 Å². The first-order chi connectivity index (χ1) is 6.79. The molecule has 1 rings (SSSR count). The molecule has 0 spiro atoms. The van der Waals surface area contributed by atoms with Crippen LogP contribution in [0, 0.1) is 0 Å². The molecule has 0 aromatic heterocycles. The van der Waals surface area contributed by atoms with Crippen molar-refractivity contribution >= 4 is 0 Å². The van der Waals surface area contributed by atoms with Gasteiger partial charge in [-0.2, -0.15) is 0 Å². The molecule has 1 aliphatic heterocycles. The van der Waals surface area contributed by atoms with Crippen molar-refractivity contribution < 1.29 is 9.47 Å².